The number of likely N-dealkylation sites (tertiary alicyclic amines) is 1. The van der Waals surface area contributed by atoms with Crippen LogP contribution in [0.2, 0.25) is 0 Å². The Kier molecular flexibility index (Phi) is 5.05. The van der Waals surface area contributed by atoms with Gasteiger partial charge in [0.15, 0.2) is 0 Å². The largest absolute Gasteiger partial charge is 0.418 e. The van der Waals surface area contributed by atoms with Crippen LogP contribution in [0.25, 0.3) is 0 Å². The van der Waals surface area contributed by atoms with E-state index >= 15 is 0 Å². The van der Waals surface area contributed by atoms with Gasteiger partial charge in [-0.15, -0.1) is 14.5 Å². The summed E-state index contributed by atoms with van der Waals surface area (Å²) >= 11 is 1.31. The summed E-state index contributed by atoms with van der Waals surface area (Å²) in [4.78, 5) is 13.3. The van der Waals surface area contributed by atoms with Gasteiger partial charge in [0.1, 0.15) is 10.0 Å². The Morgan fingerprint density at radius 2 is 2.29 bits per heavy atom. The first kappa shape index (κ1) is 16.0. The van der Waals surface area contributed by atoms with Crippen molar-refractivity contribution in [3.8, 4) is 0 Å². The third-order valence-corrected chi connectivity index (χ3v) is 4.28. The number of nitrogens with one attached hydrogen (secondary N) is 1. The van der Waals surface area contributed by atoms with E-state index in [0.717, 1.165) is 12.8 Å². The second-order valence-electron chi connectivity index (χ2n) is 4.36. The molecule has 1 saturated heterocycles. The van der Waals surface area contributed by atoms with E-state index in [9.17, 15) is 13.2 Å². The number of piperidine rings is 1. The number of nitrogens with zero attached hydrogens (tertiary/aromatic N) is 3. The standard InChI is InChI=1S/C9H15N5O5S2/c10-5-7-11-12-8(20-7)6-3-1-2-4-14(6)9(15)13-19-21(16,17)18/h6H,1-5,10H2,(H,13,15)(H,16,17,18)/t6-/m0/s1. The fourth-order valence-corrected chi connectivity index (χ4v) is 3.11. The molecule has 1 aliphatic rings. The summed E-state index contributed by atoms with van der Waals surface area (Å²) in [5.74, 6) is 0. The zero-order valence-electron chi connectivity index (χ0n) is 10.9. The van der Waals surface area contributed by atoms with Crippen LogP contribution in [-0.2, 0) is 21.2 Å². The summed E-state index contributed by atoms with van der Waals surface area (Å²) < 4.78 is 33.3. The van der Waals surface area contributed by atoms with Gasteiger partial charge in [-0.25, -0.2) is 4.79 Å². The first-order valence-corrected chi connectivity index (χ1v) is 8.33. The van der Waals surface area contributed by atoms with Gasteiger partial charge in [-0.2, -0.15) is 13.9 Å². The van der Waals surface area contributed by atoms with Gasteiger partial charge in [0.25, 0.3) is 0 Å². The van der Waals surface area contributed by atoms with Gasteiger partial charge in [-0.1, -0.05) is 11.3 Å². The highest BCUT2D eigenvalue weighted by Gasteiger charge is 2.31. The van der Waals surface area contributed by atoms with Crippen LogP contribution in [0.3, 0.4) is 0 Å². The second kappa shape index (κ2) is 6.62. The van der Waals surface area contributed by atoms with Crippen LogP contribution in [0.4, 0.5) is 4.79 Å². The van der Waals surface area contributed by atoms with Gasteiger partial charge < -0.3 is 10.6 Å². The van der Waals surface area contributed by atoms with E-state index in [1.807, 2.05) is 0 Å². The average molecular weight is 337 g/mol. The zero-order valence-corrected chi connectivity index (χ0v) is 12.6. The number of amides is 2. The van der Waals surface area contributed by atoms with Crippen molar-refractivity contribution >= 4 is 27.8 Å². The summed E-state index contributed by atoms with van der Waals surface area (Å²) in [5.41, 5.74) is 7.18. The van der Waals surface area contributed by atoms with Crippen molar-refractivity contribution < 1.29 is 22.0 Å². The van der Waals surface area contributed by atoms with Gasteiger partial charge in [0.05, 0.1) is 6.04 Å². The maximum Gasteiger partial charge on any atom is 0.418 e. The third kappa shape index (κ3) is 4.31. The zero-order chi connectivity index (χ0) is 15.5. The van der Waals surface area contributed by atoms with Gasteiger partial charge in [-0.3, -0.25) is 4.55 Å². The van der Waals surface area contributed by atoms with E-state index in [1.165, 1.54) is 16.2 Å². The number of hydrogen-bond acceptors (Lipinski definition) is 8. The van der Waals surface area contributed by atoms with Crippen LogP contribution in [0.5, 0.6) is 0 Å². The average Bonchev–Trinajstić information content (AvgIpc) is 2.93. The van der Waals surface area contributed by atoms with E-state index in [-0.39, 0.29) is 12.6 Å². The van der Waals surface area contributed by atoms with Crippen molar-refractivity contribution in [1.29, 1.82) is 0 Å². The maximum absolute atomic E-state index is 12.0. The molecule has 2 amide bonds. The lowest BCUT2D eigenvalue weighted by Gasteiger charge is -2.33. The van der Waals surface area contributed by atoms with Crippen molar-refractivity contribution in [1.82, 2.24) is 20.6 Å². The molecule has 1 fully saturated rings. The smallest absolute Gasteiger partial charge is 0.324 e. The van der Waals surface area contributed by atoms with Gasteiger partial charge >= 0.3 is 16.4 Å². The van der Waals surface area contributed by atoms with Gasteiger partial charge in [0, 0.05) is 13.1 Å². The third-order valence-electron chi connectivity index (χ3n) is 2.94. The van der Waals surface area contributed by atoms with Crippen LogP contribution >= 0.6 is 11.3 Å². The van der Waals surface area contributed by atoms with Crippen LogP contribution in [-0.4, -0.2) is 40.6 Å². The maximum atomic E-state index is 12.0. The number of nitrogens with two attached hydrogens (primary N) is 1. The number of carbonyl (C=O) groups is 1. The quantitative estimate of drug-likeness (QED) is 0.512. The molecular formula is C9H15N5O5S2. The number of urea groups is 1. The number of carbonyl (C=O) groups excluding carboxylic acids is 1. The lowest BCUT2D eigenvalue weighted by atomic mass is 10.0. The molecular weight excluding hydrogens is 322 g/mol. The SMILES string of the molecule is NCc1nnc([C@@H]2CCCCN2C(=O)NOS(=O)(=O)O)s1. The molecule has 1 aromatic rings. The molecule has 4 N–H and O–H groups in total. The highest BCUT2D eigenvalue weighted by molar-refractivity contribution is 7.80. The molecule has 10 nitrogen and oxygen atoms in total. The molecule has 0 unspecified atom stereocenters. The Labute approximate surface area is 125 Å². The van der Waals surface area contributed by atoms with Crippen LogP contribution in [0.1, 0.15) is 35.3 Å². The number of hydrogen-bond donors (Lipinski definition) is 3. The fraction of sp³-hybridized carbons (Fsp3) is 0.667. The van der Waals surface area contributed by atoms with Crippen molar-refractivity contribution in [2.45, 2.75) is 31.8 Å². The first-order valence-electron chi connectivity index (χ1n) is 6.15. The topological polar surface area (TPSA) is 148 Å². The minimum atomic E-state index is -4.74. The Balaban J connectivity index is 2.09. The number of hydroxylamine groups is 1. The Bertz CT molecular complexity index is 603. The second-order valence-corrected chi connectivity index (χ2v) is 6.48. The minimum absolute atomic E-state index is 0.266. The predicted octanol–water partition coefficient (Wildman–Crippen LogP) is -0.0322. The molecule has 12 heteroatoms. The minimum Gasteiger partial charge on any atom is -0.324 e. The lowest BCUT2D eigenvalue weighted by Crippen LogP contribution is -2.45. The van der Waals surface area contributed by atoms with Crippen molar-refractivity contribution in [2.24, 2.45) is 5.73 Å². The highest BCUT2D eigenvalue weighted by atomic mass is 32.3. The molecule has 0 spiro atoms. The Morgan fingerprint density at radius 3 is 2.90 bits per heavy atom. The fourth-order valence-electron chi connectivity index (χ4n) is 2.06. The van der Waals surface area contributed by atoms with Crippen molar-refractivity contribution in [3.63, 3.8) is 0 Å². The summed E-state index contributed by atoms with van der Waals surface area (Å²) in [6.45, 7) is 0.686. The monoisotopic (exact) mass is 337 g/mol. The summed E-state index contributed by atoms with van der Waals surface area (Å²) in [6, 6.07) is -1.08. The highest BCUT2D eigenvalue weighted by Crippen LogP contribution is 2.32. The lowest BCUT2D eigenvalue weighted by molar-refractivity contribution is 0.107. The molecule has 0 saturated carbocycles. The molecule has 0 aromatic carbocycles. The summed E-state index contributed by atoms with van der Waals surface area (Å²) in [6.07, 6.45) is 2.36. The summed E-state index contributed by atoms with van der Waals surface area (Å²) in [5, 5.41) is 9.21. The van der Waals surface area contributed by atoms with Gasteiger partial charge in [0.2, 0.25) is 0 Å². The molecule has 1 aromatic heterocycles. The van der Waals surface area contributed by atoms with Crippen LogP contribution < -0.4 is 11.2 Å². The Hall–Kier alpha value is -1.34. The molecule has 118 valence electrons. The van der Waals surface area contributed by atoms with Crippen molar-refractivity contribution in [3.05, 3.63) is 10.0 Å². The molecule has 21 heavy (non-hydrogen) atoms. The molecule has 1 aliphatic heterocycles. The molecule has 0 bridgehead atoms. The molecule has 0 aliphatic carbocycles. The van der Waals surface area contributed by atoms with Crippen LogP contribution in [0.15, 0.2) is 0 Å². The number of rotatable bonds is 4. The van der Waals surface area contributed by atoms with Crippen molar-refractivity contribution in [2.75, 3.05) is 6.54 Å². The van der Waals surface area contributed by atoms with E-state index < -0.39 is 16.4 Å². The molecule has 2 heterocycles. The Morgan fingerprint density at radius 1 is 1.52 bits per heavy atom. The van der Waals surface area contributed by atoms with Crippen LogP contribution in [0, 0.1) is 0 Å². The molecule has 1 atom stereocenters. The molecule has 0 radical (unpaired) electrons. The normalized spacial score (nSPS) is 19.5. The van der Waals surface area contributed by atoms with E-state index in [1.54, 1.807) is 5.48 Å². The van der Waals surface area contributed by atoms with E-state index in [4.69, 9.17) is 10.3 Å². The predicted molar refractivity (Wildman–Crippen MR) is 72.3 cm³/mol. The van der Waals surface area contributed by atoms with E-state index in [0.29, 0.717) is 23.0 Å². The van der Waals surface area contributed by atoms with E-state index in [2.05, 4.69) is 14.5 Å². The molecule has 2 rings (SSSR count). The number of aromatic nitrogens is 2. The summed E-state index contributed by atoms with van der Waals surface area (Å²) in [7, 11) is -4.74. The first-order chi connectivity index (χ1) is 9.90. The van der Waals surface area contributed by atoms with Gasteiger partial charge in [-0.05, 0) is 19.3 Å².